The zero-order valence-corrected chi connectivity index (χ0v) is 14.2. The highest BCUT2D eigenvalue weighted by molar-refractivity contribution is 9.10. The number of rotatable bonds is 5. The van der Waals surface area contributed by atoms with Crippen molar-refractivity contribution in [3.8, 4) is 0 Å². The number of esters is 1. The molecule has 0 fully saturated rings. The molecule has 108 valence electrons. The minimum atomic E-state index is -3.80. The zero-order valence-electron chi connectivity index (χ0n) is 10.1. The number of thiophene rings is 1. The van der Waals surface area contributed by atoms with Gasteiger partial charge in [-0.25, -0.2) is 22.9 Å². The number of aromatic nitrogens is 1. The first-order valence-electron chi connectivity index (χ1n) is 5.18. The van der Waals surface area contributed by atoms with Crippen LogP contribution in [0.1, 0.15) is 15.4 Å². The van der Waals surface area contributed by atoms with Gasteiger partial charge in [0.25, 0.3) is 10.0 Å². The van der Waals surface area contributed by atoms with E-state index < -0.39 is 16.0 Å². The van der Waals surface area contributed by atoms with Gasteiger partial charge in [-0.2, -0.15) is 0 Å². The maximum absolute atomic E-state index is 12.2. The van der Waals surface area contributed by atoms with Crippen molar-refractivity contribution in [1.29, 1.82) is 0 Å². The van der Waals surface area contributed by atoms with Crippen LogP contribution in [0.5, 0.6) is 0 Å². The molecule has 0 spiro atoms. The van der Waals surface area contributed by atoms with E-state index in [2.05, 4.69) is 30.4 Å². The number of halogens is 1. The standard InChI is InChI=1S/C10H9BrN2O4S3/c1-17-9(14)8-10(19-5-12-8)20(15,16)13-3-7-2-6(11)4-18-7/h2,4-5,13H,3H2,1H3. The van der Waals surface area contributed by atoms with Gasteiger partial charge in [-0.3, -0.25) is 0 Å². The third kappa shape index (κ3) is 3.44. The number of sulfonamides is 1. The predicted octanol–water partition coefficient (Wildman–Crippen LogP) is 2.23. The number of ether oxygens (including phenoxy) is 1. The van der Waals surface area contributed by atoms with Gasteiger partial charge in [0.2, 0.25) is 0 Å². The largest absolute Gasteiger partial charge is 0.464 e. The predicted molar refractivity (Wildman–Crippen MR) is 79.5 cm³/mol. The van der Waals surface area contributed by atoms with Gasteiger partial charge in [0, 0.05) is 21.3 Å². The lowest BCUT2D eigenvalue weighted by molar-refractivity contribution is 0.0590. The van der Waals surface area contributed by atoms with Crippen LogP contribution in [0, 0.1) is 0 Å². The molecule has 2 aromatic rings. The smallest absolute Gasteiger partial charge is 0.358 e. The lowest BCUT2D eigenvalue weighted by Crippen LogP contribution is -2.24. The van der Waals surface area contributed by atoms with Crippen LogP contribution in [0.4, 0.5) is 0 Å². The third-order valence-electron chi connectivity index (χ3n) is 2.22. The van der Waals surface area contributed by atoms with Crippen molar-refractivity contribution in [1.82, 2.24) is 9.71 Å². The van der Waals surface area contributed by atoms with E-state index >= 15 is 0 Å². The second-order valence-electron chi connectivity index (χ2n) is 3.54. The summed E-state index contributed by atoms with van der Waals surface area (Å²) < 4.78 is 32.0. The molecule has 0 radical (unpaired) electrons. The number of carbonyl (C=O) groups excluding carboxylic acids is 1. The van der Waals surface area contributed by atoms with E-state index in [1.54, 1.807) is 0 Å². The lowest BCUT2D eigenvalue weighted by Gasteiger charge is -2.04. The lowest BCUT2D eigenvalue weighted by atomic mass is 10.5. The Morgan fingerprint density at radius 1 is 1.50 bits per heavy atom. The van der Waals surface area contributed by atoms with Crippen molar-refractivity contribution >= 4 is 54.6 Å². The van der Waals surface area contributed by atoms with Gasteiger partial charge in [0.1, 0.15) is 0 Å². The van der Waals surface area contributed by atoms with Crippen LogP contribution < -0.4 is 4.72 Å². The molecule has 2 aromatic heterocycles. The van der Waals surface area contributed by atoms with Crippen molar-refractivity contribution in [2.45, 2.75) is 10.8 Å². The fraction of sp³-hybridized carbons (Fsp3) is 0.200. The van der Waals surface area contributed by atoms with Gasteiger partial charge in [-0.05, 0) is 22.0 Å². The number of nitrogens with zero attached hydrogens (tertiary/aromatic N) is 1. The Morgan fingerprint density at radius 3 is 2.85 bits per heavy atom. The minimum absolute atomic E-state index is 0.139. The molecule has 6 nitrogen and oxygen atoms in total. The van der Waals surface area contributed by atoms with Gasteiger partial charge < -0.3 is 4.74 Å². The summed E-state index contributed by atoms with van der Waals surface area (Å²) in [5, 5.41) is 1.86. The summed E-state index contributed by atoms with van der Waals surface area (Å²) in [6.07, 6.45) is 0. The Bertz CT molecular complexity index is 722. The highest BCUT2D eigenvalue weighted by Gasteiger charge is 2.26. The zero-order chi connectivity index (χ0) is 14.8. The van der Waals surface area contributed by atoms with Crippen LogP contribution in [0.3, 0.4) is 0 Å². The Morgan fingerprint density at radius 2 is 2.25 bits per heavy atom. The summed E-state index contributed by atoms with van der Waals surface area (Å²) in [5.74, 6) is -0.773. The average molecular weight is 397 g/mol. The summed E-state index contributed by atoms with van der Waals surface area (Å²) in [6.45, 7) is 0.150. The molecule has 0 amide bonds. The molecule has 0 aliphatic carbocycles. The molecule has 2 rings (SSSR count). The number of nitrogens with one attached hydrogen (secondary N) is 1. The van der Waals surface area contributed by atoms with E-state index in [1.165, 1.54) is 24.0 Å². The topological polar surface area (TPSA) is 85.4 Å². The highest BCUT2D eigenvalue weighted by atomic mass is 79.9. The Balaban J connectivity index is 2.18. The Labute approximate surface area is 132 Å². The van der Waals surface area contributed by atoms with Crippen molar-refractivity contribution < 1.29 is 17.9 Å². The fourth-order valence-corrected chi connectivity index (χ4v) is 5.00. The first kappa shape index (κ1) is 15.6. The SMILES string of the molecule is COC(=O)c1ncsc1S(=O)(=O)NCc1cc(Br)cs1. The normalized spacial score (nSPS) is 11.5. The molecule has 10 heteroatoms. The van der Waals surface area contributed by atoms with Crippen LogP contribution in [0.2, 0.25) is 0 Å². The van der Waals surface area contributed by atoms with Crippen molar-refractivity contribution in [3.63, 3.8) is 0 Å². The maximum atomic E-state index is 12.2. The van der Waals surface area contributed by atoms with Crippen LogP contribution in [-0.4, -0.2) is 26.5 Å². The van der Waals surface area contributed by atoms with Crippen LogP contribution in [0.15, 0.2) is 25.6 Å². The number of methoxy groups -OCH3 is 1. The molecule has 2 heterocycles. The summed E-state index contributed by atoms with van der Waals surface area (Å²) in [7, 11) is -2.62. The molecule has 0 aliphatic rings. The number of hydrogen-bond donors (Lipinski definition) is 1. The monoisotopic (exact) mass is 396 g/mol. The first-order chi connectivity index (χ1) is 9.44. The maximum Gasteiger partial charge on any atom is 0.358 e. The van der Waals surface area contributed by atoms with E-state index in [1.807, 2.05) is 11.4 Å². The van der Waals surface area contributed by atoms with E-state index in [9.17, 15) is 13.2 Å². The molecular weight excluding hydrogens is 388 g/mol. The second kappa shape index (κ2) is 6.31. The molecular formula is C10H9BrN2O4S3. The van der Waals surface area contributed by atoms with E-state index in [0.717, 1.165) is 20.7 Å². The van der Waals surface area contributed by atoms with E-state index in [-0.39, 0.29) is 16.4 Å². The van der Waals surface area contributed by atoms with Crippen LogP contribution >= 0.6 is 38.6 Å². The number of hydrogen-bond acceptors (Lipinski definition) is 7. The molecule has 0 aliphatic heterocycles. The molecule has 0 saturated heterocycles. The second-order valence-corrected chi connectivity index (χ2v) is 8.26. The van der Waals surface area contributed by atoms with Crippen molar-refractivity contribution in [3.05, 3.63) is 32.0 Å². The molecule has 0 atom stereocenters. The summed E-state index contributed by atoms with van der Waals surface area (Å²) in [6, 6.07) is 1.82. The van der Waals surface area contributed by atoms with Gasteiger partial charge >= 0.3 is 5.97 Å². The summed E-state index contributed by atoms with van der Waals surface area (Å²) >= 11 is 5.59. The van der Waals surface area contributed by atoms with Gasteiger partial charge in [-0.1, -0.05) is 0 Å². The number of carbonyl (C=O) groups is 1. The van der Waals surface area contributed by atoms with E-state index in [4.69, 9.17) is 0 Å². The molecule has 0 saturated carbocycles. The third-order valence-corrected chi connectivity index (χ3v) is 6.68. The summed E-state index contributed by atoms with van der Waals surface area (Å²) in [4.78, 5) is 16.0. The average Bonchev–Trinajstić information content (AvgIpc) is 3.04. The first-order valence-corrected chi connectivity index (χ1v) is 9.22. The van der Waals surface area contributed by atoms with Gasteiger partial charge in [-0.15, -0.1) is 22.7 Å². The van der Waals surface area contributed by atoms with Crippen LogP contribution in [0.25, 0.3) is 0 Å². The van der Waals surface area contributed by atoms with Crippen molar-refractivity contribution in [2.75, 3.05) is 7.11 Å². The molecule has 0 aromatic carbocycles. The van der Waals surface area contributed by atoms with Gasteiger partial charge in [0.15, 0.2) is 9.90 Å². The summed E-state index contributed by atoms with van der Waals surface area (Å²) in [5.41, 5.74) is 1.10. The minimum Gasteiger partial charge on any atom is -0.464 e. The fourth-order valence-electron chi connectivity index (χ4n) is 1.34. The van der Waals surface area contributed by atoms with Crippen LogP contribution in [-0.2, 0) is 21.3 Å². The molecule has 1 N–H and O–H groups in total. The van der Waals surface area contributed by atoms with E-state index in [0.29, 0.717) is 0 Å². The molecule has 0 unspecified atom stereocenters. The number of thiazole rings is 1. The van der Waals surface area contributed by atoms with Crippen molar-refractivity contribution in [2.24, 2.45) is 0 Å². The quantitative estimate of drug-likeness (QED) is 0.783. The Kier molecular flexibility index (Phi) is 4.91. The Hall–Kier alpha value is -0.810. The molecule has 20 heavy (non-hydrogen) atoms. The van der Waals surface area contributed by atoms with Gasteiger partial charge in [0.05, 0.1) is 12.6 Å². The molecule has 0 bridgehead atoms. The highest BCUT2D eigenvalue weighted by Crippen LogP contribution is 2.23.